The van der Waals surface area contributed by atoms with Crippen LogP contribution in [0.5, 0.6) is 0 Å². The Morgan fingerprint density at radius 1 is 1.41 bits per heavy atom. The van der Waals surface area contributed by atoms with E-state index >= 15 is 0 Å². The summed E-state index contributed by atoms with van der Waals surface area (Å²) >= 11 is 1.66. The van der Waals surface area contributed by atoms with Crippen molar-refractivity contribution >= 4 is 16.5 Å². The van der Waals surface area contributed by atoms with Crippen LogP contribution in [0.3, 0.4) is 0 Å². The van der Waals surface area contributed by atoms with Gasteiger partial charge in [0.25, 0.3) is 0 Å². The number of aryl methyl sites for hydroxylation is 1. The second-order valence-electron chi connectivity index (χ2n) is 4.28. The van der Waals surface area contributed by atoms with E-state index in [1.165, 1.54) is 12.8 Å². The highest BCUT2D eigenvalue weighted by atomic mass is 32.1. The Labute approximate surface area is 103 Å². The van der Waals surface area contributed by atoms with Crippen LogP contribution in [-0.2, 0) is 6.54 Å². The summed E-state index contributed by atoms with van der Waals surface area (Å²) in [6, 6.07) is 0. The van der Waals surface area contributed by atoms with Gasteiger partial charge in [-0.25, -0.2) is 0 Å². The number of hydrogen-bond acceptors (Lipinski definition) is 7. The summed E-state index contributed by atoms with van der Waals surface area (Å²) in [7, 11) is 1.96. The number of anilines is 1. The van der Waals surface area contributed by atoms with E-state index in [1.807, 2.05) is 11.9 Å². The van der Waals surface area contributed by atoms with E-state index in [1.54, 1.807) is 18.3 Å². The third-order valence-corrected chi connectivity index (χ3v) is 3.83. The van der Waals surface area contributed by atoms with Gasteiger partial charge in [-0.2, -0.15) is 4.98 Å². The fourth-order valence-corrected chi connectivity index (χ4v) is 2.53. The number of nitrogens with zero attached hydrogens (tertiary/aromatic N) is 5. The minimum atomic E-state index is 0.587. The Hall–Kier alpha value is -1.50. The van der Waals surface area contributed by atoms with E-state index in [0.29, 0.717) is 24.2 Å². The summed E-state index contributed by atoms with van der Waals surface area (Å²) in [6.07, 6.45) is 2.50. The number of aromatic nitrogens is 4. The standard InChI is InChI=1S/C10H13N5OS/c1-6-11-8(14-16-6)5-15(2)10-13-12-9(17-10)7-3-4-7/h7H,3-5H2,1-2H3. The van der Waals surface area contributed by atoms with Gasteiger partial charge in [-0.15, -0.1) is 10.2 Å². The zero-order chi connectivity index (χ0) is 11.8. The van der Waals surface area contributed by atoms with Gasteiger partial charge in [0.05, 0.1) is 6.54 Å². The first-order valence-electron chi connectivity index (χ1n) is 5.56. The minimum absolute atomic E-state index is 0.587. The predicted octanol–water partition coefficient (Wildman–Crippen LogP) is 1.74. The molecule has 0 saturated heterocycles. The molecule has 2 aromatic heterocycles. The molecular weight excluding hydrogens is 238 g/mol. The second-order valence-corrected chi connectivity index (χ2v) is 5.27. The maximum absolute atomic E-state index is 4.93. The van der Waals surface area contributed by atoms with E-state index in [0.717, 1.165) is 10.1 Å². The quantitative estimate of drug-likeness (QED) is 0.824. The van der Waals surface area contributed by atoms with Crippen LogP contribution in [0.2, 0.25) is 0 Å². The molecule has 0 spiro atoms. The molecule has 0 unspecified atom stereocenters. The molecule has 2 aromatic rings. The second kappa shape index (κ2) is 4.06. The molecule has 1 aliphatic carbocycles. The van der Waals surface area contributed by atoms with Crippen molar-refractivity contribution in [3.05, 3.63) is 16.7 Å². The summed E-state index contributed by atoms with van der Waals surface area (Å²) in [5, 5.41) is 14.3. The van der Waals surface area contributed by atoms with E-state index in [9.17, 15) is 0 Å². The van der Waals surface area contributed by atoms with Crippen LogP contribution < -0.4 is 4.90 Å². The van der Waals surface area contributed by atoms with E-state index in [2.05, 4.69) is 20.3 Å². The topological polar surface area (TPSA) is 67.9 Å². The minimum Gasteiger partial charge on any atom is -0.342 e. The summed E-state index contributed by atoms with van der Waals surface area (Å²) in [5.41, 5.74) is 0. The highest BCUT2D eigenvalue weighted by Gasteiger charge is 2.28. The molecule has 1 saturated carbocycles. The van der Waals surface area contributed by atoms with Crippen LogP contribution in [0.25, 0.3) is 0 Å². The van der Waals surface area contributed by atoms with Crippen LogP contribution in [0.4, 0.5) is 5.13 Å². The Balaban J connectivity index is 1.69. The average Bonchev–Trinajstić information content (AvgIpc) is 2.88. The molecule has 0 radical (unpaired) electrons. The fraction of sp³-hybridized carbons (Fsp3) is 0.600. The summed E-state index contributed by atoms with van der Waals surface area (Å²) in [6.45, 7) is 2.38. The first kappa shape index (κ1) is 10.6. The third kappa shape index (κ3) is 2.28. The van der Waals surface area contributed by atoms with Crippen molar-refractivity contribution in [1.82, 2.24) is 20.3 Å². The molecule has 17 heavy (non-hydrogen) atoms. The molecule has 7 heteroatoms. The first-order chi connectivity index (χ1) is 8.22. The zero-order valence-corrected chi connectivity index (χ0v) is 10.6. The summed E-state index contributed by atoms with van der Waals surface area (Å²) in [4.78, 5) is 6.16. The number of rotatable bonds is 4. The van der Waals surface area contributed by atoms with Gasteiger partial charge >= 0.3 is 0 Å². The van der Waals surface area contributed by atoms with E-state index in [4.69, 9.17) is 4.52 Å². The van der Waals surface area contributed by atoms with Crippen molar-refractivity contribution in [3.8, 4) is 0 Å². The van der Waals surface area contributed by atoms with Gasteiger partial charge in [-0.05, 0) is 12.8 Å². The Kier molecular flexibility index (Phi) is 2.54. The van der Waals surface area contributed by atoms with Gasteiger partial charge in [-0.1, -0.05) is 16.5 Å². The SMILES string of the molecule is Cc1nc(CN(C)c2nnc(C3CC3)s2)no1. The largest absolute Gasteiger partial charge is 0.342 e. The lowest BCUT2D eigenvalue weighted by atomic mass is 10.5. The van der Waals surface area contributed by atoms with Gasteiger partial charge in [0.1, 0.15) is 5.01 Å². The monoisotopic (exact) mass is 251 g/mol. The zero-order valence-electron chi connectivity index (χ0n) is 9.75. The Morgan fingerprint density at radius 2 is 2.24 bits per heavy atom. The molecular formula is C10H13N5OS. The summed E-state index contributed by atoms with van der Waals surface area (Å²) < 4.78 is 4.93. The number of hydrogen-bond donors (Lipinski definition) is 0. The average molecular weight is 251 g/mol. The maximum atomic E-state index is 4.93. The van der Waals surface area contributed by atoms with E-state index in [-0.39, 0.29) is 0 Å². The molecule has 0 aliphatic heterocycles. The highest BCUT2D eigenvalue weighted by molar-refractivity contribution is 7.15. The van der Waals surface area contributed by atoms with Crippen LogP contribution in [0.1, 0.15) is 35.5 Å². The van der Waals surface area contributed by atoms with Gasteiger partial charge in [-0.3, -0.25) is 0 Å². The molecule has 0 aromatic carbocycles. The van der Waals surface area contributed by atoms with Gasteiger partial charge in [0.2, 0.25) is 11.0 Å². The molecule has 6 nitrogen and oxygen atoms in total. The van der Waals surface area contributed by atoms with Gasteiger partial charge in [0.15, 0.2) is 5.82 Å². The van der Waals surface area contributed by atoms with Crippen LogP contribution in [0.15, 0.2) is 4.52 Å². The third-order valence-electron chi connectivity index (χ3n) is 2.63. The normalized spacial score (nSPS) is 15.2. The van der Waals surface area contributed by atoms with Crippen molar-refractivity contribution in [2.75, 3.05) is 11.9 Å². The molecule has 90 valence electrons. The summed E-state index contributed by atoms with van der Waals surface area (Å²) in [5.74, 6) is 1.92. The fourth-order valence-electron chi connectivity index (χ4n) is 1.56. The lowest BCUT2D eigenvalue weighted by Crippen LogP contribution is -2.17. The first-order valence-corrected chi connectivity index (χ1v) is 6.38. The Morgan fingerprint density at radius 3 is 2.88 bits per heavy atom. The maximum Gasteiger partial charge on any atom is 0.223 e. The predicted molar refractivity (Wildman–Crippen MR) is 63.0 cm³/mol. The lowest BCUT2D eigenvalue weighted by Gasteiger charge is -2.11. The van der Waals surface area contributed by atoms with E-state index < -0.39 is 0 Å². The Bertz CT molecular complexity index is 518. The molecule has 3 rings (SSSR count). The molecule has 1 aliphatic rings. The van der Waals surface area contributed by atoms with Crippen molar-refractivity contribution < 1.29 is 4.52 Å². The molecule has 1 fully saturated rings. The van der Waals surface area contributed by atoms with Crippen molar-refractivity contribution in [2.45, 2.75) is 32.2 Å². The van der Waals surface area contributed by atoms with Crippen molar-refractivity contribution in [2.24, 2.45) is 0 Å². The highest BCUT2D eigenvalue weighted by Crippen LogP contribution is 2.42. The van der Waals surface area contributed by atoms with Gasteiger partial charge < -0.3 is 9.42 Å². The molecule has 0 atom stereocenters. The van der Waals surface area contributed by atoms with Crippen molar-refractivity contribution in [3.63, 3.8) is 0 Å². The molecule has 0 bridgehead atoms. The van der Waals surface area contributed by atoms with Crippen LogP contribution in [0, 0.1) is 6.92 Å². The smallest absolute Gasteiger partial charge is 0.223 e. The molecule has 0 N–H and O–H groups in total. The van der Waals surface area contributed by atoms with Gasteiger partial charge in [0, 0.05) is 19.9 Å². The van der Waals surface area contributed by atoms with Crippen molar-refractivity contribution in [1.29, 1.82) is 0 Å². The molecule has 0 amide bonds. The van der Waals surface area contributed by atoms with Crippen LogP contribution in [-0.4, -0.2) is 27.4 Å². The molecule has 2 heterocycles. The lowest BCUT2D eigenvalue weighted by molar-refractivity contribution is 0.387. The van der Waals surface area contributed by atoms with Crippen LogP contribution >= 0.6 is 11.3 Å².